The molecule has 0 heterocycles. The van der Waals surface area contributed by atoms with Gasteiger partial charge < -0.3 is 4.74 Å². The molecular formula is C14H21ClO. The van der Waals surface area contributed by atoms with Crippen molar-refractivity contribution in [3.8, 4) is 5.75 Å². The Morgan fingerprint density at radius 1 is 1.19 bits per heavy atom. The molecule has 0 fully saturated rings. The molecule has 1 unspecified atom stereocenters. The summed E-state index contributed by atoms with van der Waals surface area (Å²) in [6.45, 7) is 5.27. The topological polar surface area (TPSA) is 9.23 Å². The van der Waals surface area contributed by atoms with E-state index in [1.807, 2.05) is 24.3 Å². The quantitative estimate of drug-likeness (QED) is 0.656. The summed E-state index contributed by atoms with van der Waals surface area (Å²) in [5.74, 6) is 1.59. The molecule has 0 aliphatic heterocycles. The normalized spacial score (nSPS) is 12.4. The molecule has 1 atom stereocenters. The van der Waals surface area contributed by atoms with Crippen LogP contribution >= 0.6 is 11.6 Å². The van der Waals surface area contributed by atoms with Crippen LogP contribution in [0.15, 0.2) is 24.3 Å². The second kappa shape index (κ2) is 7.56. The zero-order valence-corrected chi connectivity index (χ0v) is 11.0. The van der Waals surface area contributed by atoms with E-state index in [-0.39, 0.29) is 0 Å². The third-order valence-corrected chi connectivity index (χ3v) is 3.09. The van der Waals surface area contributed by atoms with Crippen molar-refractivity contribution in [3.05, 3.63) is 29.3 Å². The Kier molecular flexibility index (Phi) is 6.32. The van der Waals surface area contributed by atoms with Crippen LogP contribution in [0.25, 0.3) is 0 Å². The number of hydrogen-bond acceptors (Lipinski definition) is 1. The molecule has 0 aromatic heterocycles. The molecule has 0 amide bonds. The minimum atomic E-state index is 0.677. The minimum absolute atomic E-state index is 0.677. The van der Waals surface area contributed by atoms with E-state index < -0.39 is 0 Å². The Labute approximate surface area is 104 Å². The van der Waals surface area contributed by atoms with Crippen molar-refractivity contribution in [2.24, 2.45) is 5.92 Å². The van der Waals surface area contributed by atoms with Crippen LogP contribution in [-0.2, 0) is 0 Å². The predicted octanol–water partition coefficient (Wildman–Crippen LogP) is 4.94. The number of rotatable bonds is 7. The molecule has 2 heteroatoms. The Hall–Kier alpha value is -0.690. The molecule has 0 saturated carbocycles. The van der Waals surface area contributed by atoms with E-state index in [0.717, 1.165) is 17.4 Å². The van der Waals surface area contributed by atoms with Gasteiger partial charge in [-0.25, -0.2) is 0 Å². The maximum absolute atomic E-state index is 5.81. The second-order valence-corrected chi connectivity index (χ2v) is 4.62. The fourth-order valence-electron chi connectivity index (χ4n) is 1.64. The third kappa shape index (κ3) is 4.89. The van der Waals surface area contributed by atoms with E-state index in [1.54, 1.807) is 0 Å². The zero-order chi connectivity index (χ0) is 11.8. The predicted molar refractivity (Wildman–Crippen MR) is 70.3 cm³/mol. The van der Waals surface area contributed by atoms with Crippen molar-refractivity contribution in [2.45, 2.75) is 39.5 Å². The van der Waals surface area contributed by atoms with Crippen molar-refractivity contribution >= 4 is 11.6 Å². The number of hydrogen-bond donors (Lipinski definition) is 0. The number of halogens is 1. The lowest BCUT2D eigenvalue weighted by Gasteiger charge is -2.15. The van der Waals surface area contributed by atoms with Gasteiger partial charge in [0.15, 0.2) is 0 Å². The van der Waals surface area contributed by atoms with Gasteiger partial charge in [0.1, 0.15) is 5.75 Å². The largest absolute Gasteiger partial charge is 0.493 e. The highest BCUT2D eigenvalue weighted by Gasteiger charge is 2.06. The smallest absolute Gasteiger partial charge is 0.119 e. The zero-order valence-electron chi connectivity index (χ0n) is 10.2. The monoisotopic (exact) mass is 240 g/mol. The first-order valence-electron chi connectivity index (χ1n) is 6.14. The van der Waals surface area contributed by atoms with Gasteiger partial charge in [-0.2, -0.15) is 0 Å². The summed E-state index contributed by atoms with van der Waals surface area (Å²) < 4.78 is 5.75. The van der Waals surface area contributed by atoms with Gasteiger partial charge in [-0.05, 0) is 36.6 Å². The molecule has 0 bridgehead atoms. The first kappa shape index (κ1) is 13.4. The van der Waals surface area contributed by atoms with Crippen molar-refractivity contribution in [1.82, 2.24) is 0 Å². The molecule has 0 radical (unpaired) electrons. The van der Waals surface area contributed by atoms with Gasteiger partial charge >= 0.3 is 0 Å². The van der Waals surface area contributed by atoms with Gasteiger partial charge in [-0.3, -0.25) is 0 Å². The van der Waals surface area contributed by atoms with Crippen molar-refractivity contribution in [2.75, 3.05) is 6.61 Å². The molecule has 1 rings (SSSR count). The number of ether oxygens (including phenoxy) is 1. The summed E-state index contributed by atoms with van der Waals surface area (Å²) in [5.41, 5.74) is 0. The molecule has 0 aliphatic rings. The van der Waals surface area contributed by atoms with Crippen LogP contribution in [0.2, 0.25) is 5.02 Å². The van der Waals surface area contributed by atoms with Crippen LogP contribution in [-0.4, -0.2) is 6.61 Å². The van der Waals surface area contributed by atoms with Gasteiger partial charge in [0.2, 0.25) is 0 Å². The summed E-state index contributed by atoms with van der Waals surface area (Å²) >= 11 is 5.81. The standard InChI is InChI=1S/C14H21ClO/c1-3-5-6-12(4-2)11-16-14-9-7-13(15)8-10-14/h7-10,12H,3-6,11H2,1-2H3. The summed E-state index contributed by atoms with van der Waals surface area (Å²) in [4.78, 5) is 0. The summed E-state index contributed by atoms with van der Waals surface area (Å²) in [6.07, 6.45) is 5.01. The Balaban J connectivity index is 2.34. The second-order valence-electron chi connectivity index (χ2n) is 4.18. The Morgan fingerprint density at radius 3 is 2.44 bits per heavy atom. The van der Waals surface area contributed by atoms with Crippen LogP contribution < -0.4 is 4.74 Å². The molecule has 1 aromatic carbocycles. The van der Waals surface area contributed by atoms with Crippen LogP contribution in [0.3, 0.4) is 0 Å². The fraction of sp³-hybridized carbons (Fsp3) is 0.571. The van der Waals surface area contributed by atoms with E-state index in [0.29, 0.717) is 5.92 Å². The first-order valence-corrected chi connectivity index (χ1v) is 6.52. The molecule has 16 heavy (non-hydrogen) atoms. The first-order chi connectivity index (χ1) is 7.76. The molecule has 0 aliphatic carbocycles. The summed E-state index contributed by atoms with van der Waals surface area (Å²) in [5, 5.41) is 0.755. The van der Waals surface area contributed by atoms with Crippen LogP contribution in [0.1, 0.15) is 39.5 Å². The lowest BCUT2D eigenvalue weighted by atomic mass is 10.0. The van der Waals surface area contributed by atoms with Gasteiger partial charge in [0, 0.05) is 5.02 Å². The third-order valence-electron chi connectivity index (χ3n) is 2.84. The van der Waals surface area contributed by atoms with E-state index >= 15 is 0 Å². The van der Waals surface area contributed by atoms with Crippen LogP contribution in [0.4, 0.5) is 0 Å². The van der Waals surface area contributed by atoms with E-state index in [4.69, 9.17) is 16.3 Å². The summed E-state index contributed by atoms with van der Waals surface area (Å²) in [6, 6.07) is 7.58. The minimum Gasteiger partial charge on any atom is -0.493 e. The molecule has 0 N–H and O–H groups in total. The SMILES string of the molecule is CCCCC(CC)COc1ccc(Cl)cc1. The lowest BCUT2D eigenvalue weighted by molar-refractivity contribution is 0.233. The van der Waals surface area contributed by atoms with Crippen molar-refractivity contribution < 1.29 is 4.74 Å². The highest BCUT2D eigenvalue weighted by atomic mass is 35.5. The van der Waals surface area contributed by atoms with Gasteiger partial charge in [0.05, 0.1) is 6.61 Å². The maximum atomic E-state index is 5.81. The number of benzene rings is 1. The van der Waals surface area contributed by atoms with Gasteiger partial charge in [0.25, 0.3) is 0 Å². The van der Waals surface area contributed by atoms with Crippen LogP contribution in [0.5, 0.6) is 5.75 Å². The average molecular weight is 241 g/mol. The molecule has 1 aromatic rings. The number of unbranched alkanes of at least 4 members (excludes halogenated alkanes) is 1. The van der Waals surface area contributed by atoms with E-state index in [9.17, 15) is 0 Å². The molecule has 90 valence electrons. The fourth-order valence-corrected chi connectivity index (χ4v) is 1.77. The van der Waals surface area contributed by atoms with Gasteiger partial charge in [-0.15, -0.1) is 0 Å². The highest BCUT2D eigenvalue weighted by Crippen LogP contribution is 2.18. The van der Waals surface area contributed by atoms with Crippen molar-refractivity contribution in [3.63, 3.8) is 0 Å². The molecule has 0 saturated heterocycles. The van der Waals surface area contributed by atoms with Crippen molar-refractivity contribution in [1.29, 1.82) is 0 Å². The summed E-state index contributed by atoms with van der Waals surface area (Å²) in [7, 11) is 0. The molecule has 1 nitrogen and oxygen atoms in total. The maximum Gasteiger partial charge on any atom is 0.119 e. The van der Waals surface area contributed by atoms with E-state index in [2.05, 4.69) is 13.8 Å². The molecular weight excluding hydrogens is 220 g/mol. The Bertz CT molecular complexity index is 281. The van der Waals surface area contributed by atoms with Crippen LogP contribution in [0, 0.1) is 5.92 Å². The Morgan fingerprint density at radius 2 is 1.88 bits per heavy atom. The molecule has 0 spiro atoms. The average Bonchev–Trinajstić information content (AvgIpc) is 2.32. The van der Waals surface area contributed by atoms with Gasteiger partial charge in [-0.1, -0.05) is 44.7 Å². The highest BCUT2D eigenvalue weighted by molar-refractivity contribution is 6.30. The van der Waals surface area contributed by atoms with E-state index in [1.165, 1.54) is 25.7 Å². The lowest BCUT2D eigenvalue weighted by Crippen LogP contribution is -2.11.